The molecular formula is C17H21FN2O2S. The van der Waals surface area contributed by atoms with Gasteiger partial charge in [0.05, 0.1) is 11.5 Å². The van der Waals surface area contributed by atoms with E-state index in [0.717, 1.165) is 37.4 Å². The molecular weight excluding hydrogens is 315 g/mol. The monoisotopic (exact) mass is 336 g/mol. The van der Waals surface area contributed by atoms with Crippen LogP contribution in [0.4, 0.5) is 4.39 Å². The van der Waals surface area contributed by atoms with Crippen molar-refractivity contribution in [2.24, 2.45) is 0 Å². The maximum Gasteiger partial charge on any atom is 0.264 e. The predicted molar refractivity (Wildman–Crippen MR) is 90.5 cm³/mol. The van der Waals surface area contributed by atoms with E-state index in [1.807, 2.05) is 11.0 Å². The molecule has 0 atom stereocenters. The van der Waals surface area contributed by atoms with Crippen LogP contribution in [0.3, 0.4) is 0 Å². The number of hydrogen-bond donors (Lipinski definition) is 0. The summed E-state index contributed by atoms with van der Waals surface area (Å²) in [5.41, 5.74) is 0.675. The Bertz CT molecular complexity index is 708. The van der Waals surface area contributed by atoms with E-state index in [-0.39, 0.29) is 18.3 Å². The zero-order valence-electron chi connectivity index (χ0n) is 13.5. The van der Waals surface area contributed by atoms with E-state index in [0.29, 0.717) is 15.8 Å². The van der Waals surface area contributed by atoms with Crippen LogP contribution in [0.5, 0.6) is 0 Å². The number of rotatable bonds is 4. The van der Waals surface area contributed by atoms with Crippen LogP contribution in [0.25, 0.3) is 10.1 Å². The van der Waals surface area contributed by atoms with E-state index in [9.17, 15) is 9.18 Å². The number of benzene rings is 1. The van der Waals surface area contributed by atoms with Crippen LogP contribution in [-0.2, 0) is 11.3 Å². The van der Waals surface area contributed by atoms with Crippen LogP contribution in [0.1, 0.15) is 22.2 Å². The average molecular weight is 336 g/mol. The molecule has 0 spiro atoms. The molecule has 6 heteroatoms. The number of thiophene rings is 1. The second kappa shape index (κ2) is 6.95. The van der Waals surface area contributed by atoms with Crippen LogP contribution >= 0.6 is 11.3 Å². The number of carbonyl (C=O) groups is 1. The second-order valence-corrected chi connectivity index (χ2v) is 6.73. The Morgan fingerprint density at radius 3 is 2.70 bits per heavy atom. The molecule has 124 valence electrons. The van der Waals surface area contributed by atoms with Crippen molar-refractivity contribution in [2.75, 3.05) is 39.8 Å². The summed E-state index contributed by atoms with van der Waals surface area (Å²) in [6.45, 7) is 6.60. The molecule has 0 unspecified atom stereocenters. The van der Waals surface area contributed by atoms with Crippen molar-refractivity contribution >= 4 is 27.3 Å². The van der Waals surface area contributed by atoms with E-state index in [4.69, 9.17) is 4.74 Å². The number of fused-ring (bicyclic) bond motifs is 1. The quantitative estimate of drug-likeness (QED) is 0.860. The lowest BCUT2D eigenvalue weighted by atomic mass is 10.1. The minimum atomic E-state index is -0.291. The number of ether oxygens (including phenoxy) is 1. The van der Waals surface area contributed by atoms with Gasteiger partial charge in [-0.3, -0.25) is 4.79 Å². The number of piperazine rings is 1. The maximum absolute atomic E-state index is 14.2. The number of likely N-dealkylation sites (N-methyl/N-ethyl adjacent to an activating group) is 1. The first-order valence-corrected chi connectivity index (χ1v) is 8.67. The van der Waals surface area contributed by atoms with Gasteiger partial charge in [-0.05, 0) is 18.7 Å². The Kier molecular flexibility index (Phi) is 4.94. The van der Waals surface area contributed by atoms with Crippen LogP contribution in [0, 0.1) is 5.82 Å². The Morgan fingerprint density at radius 2 is 2.04 bits per heavy atom. The molecule has 1 amide bonds. The SMILES string of the molecule is CCN1CCN(C(=O)c2sc3cccc(F)c3c2COC)CC1. The smallest absolute Gasteiger partial charge is 0.264 e. The highest BCUT2D eigenvalue weighted by Crippen LogP contribution is 2.34. The fraction of sp³-hybridized carbons (Fsp3) is 0.471. The third-order valence-corrected chi connectivity index (χ3v) is 5.54. The molecule has 1 aliphatic rings. The molecule has 1 aromatic carbocycles. The molecule has 0 saturated carbocycles. The largest absolute Gasteiger partial charge is 0.380 e. The molecule has 2 heterocycles. The van der Waals surface area contributed by atoms with E-state index in [2.05, 4.69) is 11.8 Å². The van der Waals surface area contributed by atoms with Gasteiger partial charge in [0, 0.05) is 48.9 Å². The summed E-state index contributed by atoms with van der Waals surface area (Å²) in [6, 6.07) is 4.97. The molecule has 1 saturated heterocycles. The summed E-state index contributed by atoms with van der Waals surface area (Å²) in [7, 11) is 1.57. The molecule has 1 fully saturated rings. The zero-order chi connectivity index (χ0) is 16.4. The van der Waals surface area contributed by atoms with Gasteiger partial charge < -0.3 is 14.5 Å². The maximum atomic E-state index is 14.2. The molecule has 0 N–H and O–H groups in total. The molecule has 0 aliphatic carbocycles. The normalized spacial score (nSPS) is 16.2. The van der Waals surface area contributed by atoms with Crippen LogP contribution in [-0.4, -0.2) is 55.5 Å². The topological polar surface area (TPSA) is 32.8 Å². The summed E-state index contributed by atoms with van der Waals surface area (Å²) in [4.78, 5) is 17.7. The predicted octanol–water partition coefficient (Wildman–Crippen LogP) is 2.96. The van der Waals surface area contributed by atoms with Crippen LogP contribution in [0.2, 0.25) is 0 Å². The number of hydrogen-bond acceptors (Lipinski definition) is 4. The summed E-state index contributed by atoms with van der Waals surface area (Å²) in [5.74, 6) is -0.297. The summed E-state index contributed by atoms with van der Waals surface area (Å²) in [5, 5.41) is 0.523. The highest BCUT2D eigenvalue weighted by molar-refractivity contribution is 7.21. The third-order valence-electron chi connectivity index (χ3n) is 4.35. The van der Waals surface area contributed by atoms with Gasteiger partial charge in [-0.25, -0.2) is 4.39 Å². The van der Waals surface area contributed by atoms with Gasteiger partial charge in [-0.15, -0.1) is 11.3 Å². The lowest BCUT2D eigenvalue weighted by Crippen LogP contribution is -2.48. The van der Waals surface area contributed by atoms with Crippen molar-refractivity contribution in [3.63, 3.8) is 0 Å². The van der Waals surface area contributed by atoms with Crippen molar-refractivity contribution in [3.05, 3.63) is 34.5 Å². The first-order chi connectivity index (χ1) is 11.2. The molecule has 0 bridgehead atoms. The Labute approximate surface area is 139 Å². The number of nitrogens with zero attached hydrogens (tertiary/aromatic N) is 2. The zero-order valence-corrected chi connectivity index (χ0v) is 14.3. The van der Waals surface area contributed by atoms with Crippen molar-refractivity contribution < 1.29 is 13.9 Å². The van der Waals surface area contributed by atoms with Gasteiger partial charge in [-0.2, -0.15) is 0 Å². The summed E-state index contributed by atoms with van der Waals surface area (Å²) < 4.78 is 20.2. The second-order valence-electron chi connectivity index (χ2n) is 5.68. The highest BCUT2D eigenvalue weighted by atomic mass is 32.1. The van der Waals surface area contributed by atoms with E-state index in [1.165, 1.54) is 17.4 Å². The van der Waals surface area contributed by atoms with Crippen LogP contribution < -0.4 is 0 Å². The Balaban J connectivity index is 1.94. The van der Waals surface area contributed by atoms with E-state index < -0.39 is 0 Å². The first kappa shape index (κ1) is 16.4. The van der Waals surface area contributed by atoms with E-state index >= 15 is 0 Å². The molecule has 1 aromatic heterocycles. The Hall–Kier alpha value is -1.50. The average Bonchev–Trinajstić information content (AvgIpc) is 2.95. The molecule has 23 heavy (non-hydrogen) atoms. The van der Waals surface area contributed by atoms with E-state index in [1.54, 1.807) is 13.2 Å². The van der Waals surface area contributed by atoms with Gasteiger partial charge in [0.25, 0.3) is 5.91 Å². The number of carbonyl (C=O) groups excluding carboxylic acids is 1. The molecule has 1 aliphatic heterocycles. The van der Waals surface area contributed by atoms with Gasteiger partial charge in [0.1, 0.15) is 5.82 Å². The van der Waals surface area contributed by atoms with Gasteiger partial charge in [0.15, 0.2) is 0 Å². The number of halogens is 1. The van der Waals surface area contributed by atoms with Crippen molar-refractivity contribution in [2.45, 2.75) is 13.5 Å². The molecule has 4 nitrogen and oxygen atoms in total. The minimum absolute atomic E-state index is 0.00611. The number of amides is 1. The van der Waals surface area contributed by atoms with Crippen molar-refractivity contribution in [1.82, 2.24) is 9.80 Å². The first-order valence-electron chi connectivity index (χ1n) is 7.86. The fourth-order valence-electron chi connectivity index (χ4n) is 3.03. The standard InChI is InChI=1S/C17H21FN2O2S/c1-3-19-7-9-20(10-8-19)17(21)16-12(11-22-2)15-13(18)5-4-6-14(15)23-16/h4-6H,3,7-11H2,1-2H3. The van der Waals surface area contributed by atoms with Crippen LogP contribution in [0.15, 0.2) is 18.2 Å². The third kappa shape index (κ3) is 3.11. The number of methoxy groups -OCH3 is 1. The van der Waals surface area contributed by atoms with Gasteiger partial charge in [-0.1, -0.05) is 13.0 Å². The lowest BCUT2D eigenvalue weighted by Gasteiger charge is -2.34. The van der Waals surface area contributed by atoms with Crippen molar-refractivity contribution in [3.8, 4) is 0 Å². The van der Waals surface area contributed by atoms with Crippen molar-refractivity contribution in [1.29, 1.82) is 0 Å². The summed E-state index contributed by atoms with van der Waals surface area (Å²) >= 11 is 1.36. The molecule has 0 radical (unpaired) electrons. The Morgan fingerprint density at radius 1 is 1.30 bits per heavy atom. The lowest BCUT2D eigenvalue weighted by molar-refractivity contribution is 0.0644. The summed E-state index contributed by atoms with van der Waals surface area (Å²) in [6.07, 6.45) is 0. The fourth-order valence-corrected chi connectivity index (χ4v) is 4.22. The van der Waals surface area contributed by atoms with Gasteiger partial charge >= 0.3 is 0 Å². The minimum Gasteiger partial charge on any atom is -0.380 e. The van der Waals surface area contributed by atoms with Gasteiger partial charge in [0.2, 0.25) is 0 Å². The molecule has 3 rings (SSSR count). The molecule has 2 aromatic rings. The highest BCUT2D eigenvalue weighted by Gasteiger charge is 2.26.